The lowest BCUT2D eigenvalue weighted by Crippen LogP contribution is -2.27. The van der Waals surface area contributed by atoms with Gasteiger partial charge in [0.1, 0.15) is 5.75 Å². The van der Waals surface area contributed by atoms with Crippen LogP contribution in [0.15, 0.2) is 48.5 Å². The van der Waals surface area contributed by atoms with E-state index in [4.69, 9.17) is 17.0 Å². The summed E-state index contributed by atoms with van der Waals surface area (Å²) in [6.07, 6.45) is 0.177. The maximum atomic E-state index is 5.61. The van der Waals surface area contributed by atoms with Gasteiger partial charge in [-0.2, -0.15) is 0 Å². The lowest BCUT2D eigenvalue weighted by Gasteiger charge is -2.12. The lowest BCUT2D eigenvalue weighted by molar-refractivity contribution is 0.242. The van der Waals surface area contributed by atoms with E-state index in [2.05, 4.69) is 41.8 Å². The van der Waals surface area contributed by atoms with Crippen LogP contribution in [0.1, 0.15) is 25.0 Å². The number of ether oxygens (including phenoxy) is 1. The van der Waals surface area contributed by atoms with Gasteiger partial charge in [0.05, 0.1) is 6.10 Å². The molecule has 0 heterocycles. The fourth-order valence-corrected chi connectivity index (χ4v) is 2.14. The van der Waals surface area contributed by atoms with Crippen molar-refractivity contribution in [1.82, 2.24) is 5.32 Å². The third kappa shape index (κ3) is 5.37. The molecule has 0 aliphatic rings. The summed E-state index contributed by atoms with van der Waals surface area (Å²) in [6.45, 7) is 6.81. The number of rotatable bonds is 5. The molecule has 3 nitrogen and oxygen atoms in total. The summed E-state index contributed by atoms with van der Waals surface area (Å²) in [5.41, 5.74) is 3.40. The van der Waals surface area contributed by atoms with E-state index in [-0.39, 0.29) is 6.10 Å². The molecule has 2 aromatic rings. The zero-order valence-electron chi connectivity index (χ0n) is 13.2. The molecule has 0 saturated heterocycles. The number of thiocarbonyl (C=S) groups is 1. The number of aryl methyl sites for hydroxylation is 1. The Kier molecular flexibility index (Phi) is 5.78. The van der Waals surface area contributed by atoms with Crippen molar-refractivity contribution in [2.45, 2.75) is 33.4 Å². The molecule has 0 amide bonds. The zero-order valence-corrected chi connectivity index (χ0v) is 14.0. The minimum absolute atomic E-state index is 0.177. The Morgan fingerprint density at radius 3 is 2.27 bits per heavy atom. The molecule has 2 N–H and O–H groups in total. The molecule has 0 aromatic heterocycles. The van der Waals surface area contributed by atoms with E-state index in [1.807, 2.05) is 38.1 Å². The van der Waals surface area contributed by atoms with Crippen LogP contribution in [-0.4, -0.2) is 11.2 Å². The number of nitrogens with one attached hydrogen (secondary N) is 2. The topological polar surface area (TPSA) is 33.3 Å². The minimum atomic E-state index is 0.177. The highest BCUT2D eigenvalue weighted by molar-refractivity contribution is 7.80. The van der Waals surface area contributed by atoms with Crippen LogP contribution < -0.4 is 15.4 Å². The lowest BCUT2D eigenvalue weighted by atomic mass is 10.1. The van der Waals surface area contributed by atoms with Gasteiger partial charge in [-0.25, -0.2) is 0 Å². The van der Waals surface area contributed by atoms with Gasteiger partial charge in [-0.05, 0) is 62.8 Å². The third-order valence-electron chi connectivity index (χ3n) is 3.06. The predicted octanol–water partition coefficient (Wildman–Crippen LogP) is 4.27. The van der Waals surface area contributed by atoms with Crippen molar-refractivity contribution in [3.05, 3.63) is 59.7 Å². The molecular formula is C18H22N2OS. The molecule has 2 rings (SSSR count). The van der Waals surface area contributed by atoms with Crippen molar-refractivity contribution in [3.63, 3.8) is 0 Å². The number of hydrogen-bond donors (Lipinski definition) is 2. The maximum Gasteiger partial charge on any atom is 0.171 e. The Morgan fingerprint density at radius 2 is 1.68 bits per heavy atom. The average Bonchev–Trinajstić information content (AvgIpc) is 2.48. The van der Waals surface area contributed by atoms with Crippen LogP contribution in [0.4, 0.5) is 5.69 Å². The van der Waals surface area contributed by atoms with Crippen LogP contribution in [0, 0.1) is 6.92 Å². The fraction of sp³-hybridized carbons (Fsp3) is 0.278. The second kappa shape index (κ2) is 7.80. The van der Waals surface area contributed by atoms with E-state index in [0.717, 1.165) is 11.4 Å². The molecule has 2 aromatic carbocycles. The molecule has 0 fully saturated rings. The highest BCUT2D eigenvalue weighted by atomic mass is 32.1. The third-order valence-corrected chi connectivity index (χ3v) is 3.30. The number of anilines is 1. The molecule has 4 heteroatoms. The molecule has 0 saturated carbocycles. The van der Waals surface area contributed by atoms with Gasteiger partial charge in [0.2, 0.25) is 0 Å². The molecule has 22 heavy (non-hydrogen) atoms. The largest absolute Gasteiger partial charge is 0.491 e. The van der Waals surface area contributed by atoms with Gasteiger partial charge in [-0.15, -0.1) is 0 Å². The summed E-state index contributed by atoms with van der Waals surface area (Å²) in [5.74, 6) is 0.860. The second-order valence-corrected chi connectivity index (χ2v) is 5.89. The van der Waals surface area contributed by atoms with Crippen molar-refractivity contribution in [3.8, 4) is 5.75 Å². The fourth-order valence-electron chi connectivity index (χ4n) is 1.95. The highest BCUT2D eigenvalue weighted by Crippen LogP contribution is 2.16. The van der Waals surface area contributed by atoms with Crippen LogP contribution in [0.2, 0.25) is 0 Å². The van der Waals surface area contributed by atoms with E-state index < -0.39 is 0 Å². The normalized spacial score (nSPS) is 10.4. The molecule has 116 valence electrons. The molecule has 0 bridgehead atoms. The first-order valence-corrected chi connectivity index (χ1v) is 7.81. The molecule has 0 aliphatic heterocycles. The number of benzene rings is 2. The Bertz CT molecular complexity index is 606. The van der Waals surface area contributed by atoms with Crippen LogP contribution in [0.25, 0.3) is 0 Å². The first-order chi connectivity index (χ1) is 10.5. The summed E-state index contributed by atoms with van der Waals surface area (Å²) in [6, 6.07) is 16.2. The Morgan fingerprint density at radius 1 is 1.05 bits per heavy atom. The van der Waals surface area contributed by atoms with Gasteiger partial charge in [0.25, 0.3) is 0 Å². The van der Waals surface area contributed by atoms with E-state index in [1.165, 1.54) is 11.1 Å². The van der Waals surface area contributed by atoms with Gasteiger partial charge >= 0.3 is 0 Å². The minimum Gasteiger partial charge on any atom is -0.491 e. The van der Waals surface area contributed by atoms with Crippen molar-refractivity contribution in [2.75, 3.05) is 5.32 Å². The maximum absolute atomic E-state index is 5.61. The molecule has 0 atom stereocenters. The zero-order chi connectivity index (χ0) is 15.9. The SMILES string of the molecule is Cc1ccc(CNC(=S)Nc2ccc(OC(C)C)cc2)cc1. The Labute approximate surface area is 137 Å². The van der Waals surface area contributed by atoms with Gasteiger partial charge in [0.15, 0.2) is 5.11 Å². The first kappa shape index (κ1) is 16.3. The van der Waals surface area contributed by atoms with Crippen LogP contribution in [-0.2, 0) is 6.54 Å². The monoisotopic (exact) mass is 314 g/mol. The quantitative estimate of drug-likeness (QED) is 0.808. The van der Waals surface area contributed by atoms with Crippen LogP contribution in [0.5, 0.6) is 5.75 Å². The van der Waals surface area contributed by atoms with Crippen molar-refractivity contribution < 1.29 is 4.74 Å². The van der Waals surface area contributed by atoms with E-state index in [0.29, 0.717) is 11.7 Å². The van der Waals surface area contributed by atoms with Crippen molar-refractivity contribution >= 4 is 23.0 Å². The number of hydrogen-bond acceptors (Lipinski definition) is 2. The molecule has 0 unspecified atom stereocenters. The second-order valence-electron chi connectivity index (χ2n) is 5.48. The summed E-state index contributed by atoms with van der Waals surface area (Å²) in [7, 11) is 0. The van der Waals surface area contributed by atoms with Gasteiger partial charge in [0, 0.05) is 12.2 Å². The average molecular weight is 314 g/mol. The first-order valence-electron chi connectivity index (χ1n) is 7.40. The summed E-state index contributed by atoms with van der Waals surface area (Å²) >= 11 is 5.31. The predicted molar refractivity (Wildman–Crippen MR) is 96.4 cm³/mol. The van der Waals surface area contributed by atoms with Crippen LogP contribution >= 0.6 is 12.2 Å². The van der Waals surface area contributed by atoms with Gasteiger partial charge in [-0.1, -0.05) is 29.8 Å². The van der Waals surface area contributed by atoms with Gasteiger partial charge in [-0.3, -0.25) is 0 Å². The summed E-state index contributed by atoms with van der Waals surface area (Å²) in [4.78, 5) is 0. The van der Waals surface area contributed by atoms with E-state index >= 15 is 0 Å². The standard InChI is InChI=1S/C18H22N2OS/c1-13(2)21-17-10-8-16(9-11-17)20-18(22)19-12-15-6-4-14(3)5-7-15/h4-11,13H,12H2,1-3H3,(H2,19,20,22). The smallest absolute Gasteiger partial charge is 0.171 e. The summed E-state index contributed by atoms with van der Waals surface area (Å²) in [5, 5.41) is 6.98. The van der Waals surface area contributed by atoms with Crippen molar-refractivity contribution in [1.29, 1.82) is 0 Å². The highest BCUT2D eigenvalue weighted by Gasteiger charge is 2.00. The van der Waals surface area contributed by atoms with Gasteiger partial charge < -0.3 is 15.4 Å². The molecule has 0 aliphatic carbocycles. The molecule has 0 radical (unpaired) electrons. The molecular weight excluding hydrogens is 292 g/mol. The Balaban J connectivity index is 1.82. The van der Waals surface area contributed by atoms with Crippen LogP contribution in [0.3, 0.4) is 0 Å². The van der Waals surface area contributed by atoms with E-state index in [1.54, 1.807) is 0 Å². The Hall–Kier alpha value is -2.07. The summed E-state index contributed by atoms with van der Waals surface area (Å²) < 4.78 is 5.61. The van der Waals surface area contributed by atoms with Crippen molar-refractivity contribution in [2.24, 2.45) is 0 Å². The van der Waals surface area contributed by atoms with E-state index in [9.17, 15) is 0 Å². The molecule has 0 spiro atoms.